The van der Waals surface area contributed by atoms with Crippen LogP contribution in [0.15, 0.2) is 0 Å². The van der Waals surface area contributed by atoms with Gasteiger partial charge < -0.3 is 0 Å². The van der Waals surface area contributed by atoms with E-state index in [1.807, 2.05) is 480 Å². The van der Waals surface area contributed by atoms with Gasteiger partial charge in [-0.15, -0.1) is 0 Å². The average Bonchev–Trinajstić information content (AvgIpc) is 3.33. The van der Waals surface area contributed by atoms with Crippen molar-refractivity contribution >= 4 is 579 Å². The molecule has 0 rings (SSSR count). The molecule has 0 bridgehead atoms. The van der Waals surface area contributed by atoms with Gasteiger partial charge in [0.2, 0.25) is 0 Å². The van der Waals surface area contributed by atoms with Crippen LogP contribution < -0.4 is 0 Å². The van der Waals surface area contributed by atoms with E-state index in [0.29, 0.717) is 0 Å². The van der Waals surface area contributed by atoms with Gasteiger partial charge >= 0.3 is 121 Å². The second-order valence-electron chi connectivity index (χ2n) is 4.36. The summed E-state index contributed by atoms with van der Waals surface area (Å²) in [5.41, 5.74) is 0. The van der Waals surface area contributed by atoms with Crippen LogP contribution in [0.4, 0.5) is 0 Å². The third-order valence-electron chi connectivity index (χ3n) is 1.75. The van der Waals surface area contributed by atoms with Crippen LogP contribution in [0.3, 0.4) is 0 Å². The topological polar surface area (TPSA) is 0 Å². The predicted octanol–water partition coefficient (Wildman–Crippen LogP) is -0.159. The molecule has 66 heavy (non-hydrogen) atoms. The summed E-state index contributed by atoms with van der Waals surface area (Å²) in [5.74, 6) is 0. The minimum absolute atomic E-state index is 1.37. The summed E-state index contributed by atoms with van der Waals surface area (Å²) in [6, 6.07) is 0. The van der Waals surface area contributed by atoms with Crippen LogP contribution in [0.5, 0.6) is 0 Å². The van der Waals surface area contributed by atoms with Crippen molar-refractivity contribution in [2.75, 3.05) is 0 Å². The van der Waals surface area contributed by atoms with Crippen molar-refractivity contribution in [2.45, 2.75) is 0 Å². The van der Waals surface area contributed by atoms with Crippen LogP contribution in [0.25, 0.3) is 0 Å². The Balaban J connectivity index is 6.13. The summed E-state index contributed by atoms with van der Waals surface area (Å²) in [6.45, 7) is 0. The molecule has 0 aliphatic carbocycles. The first-order valence-corrected chi connectivity index (χ1v) is 98.3. The summed E-state index contributed by atoms with van der Waals surface area (Å²) >= 11 is 7.33. The molecule has 0 radical (unpaired) electrons. The Morgan fingerprint density at radius 1 is 0.121 bits per heavy atom. The molecule has 0 unspecified atom stereocenters. The quantitative estimate of drug-likeness (QED) is 0.326. The molecule has 0 spiro atoms. The zero-order valence-corrected chi connectivity index (χ0v) is 81.5. The second-order valence-corrected chi connectivity index (χ2v) is 119. The average molecular weight is 2140 g/mol. The van der Waals surface area contributed by atoms with Crippen LogP contribution in [0.1, 0.15) is 0 Å². The van der Waals surface area contributed by atoms with Crippen LogP contribution >= 0.6 is 0 Å². The molecule has 0 fully saturated rings. The predicted molar refractivity (Wildman–Crippen MR) is 479 cm³/mol. The Labute approximate surface area is 575 Å². The Morgan fingerprint density at radius 3 is 0.273 bits per heavy atom. The Kier molecular flexibility index (Phi) is 97.9. The van der Waals surface area contributed by atoms with E-state index in [4.69, 9.17) is 11.2 Å². The molecule has 0 nitrogen and oxygen atoms in total. The molecule has 66 heteroatoms. The summed E-state index contributed by atoms with van der Waals surface area (Å²) in [4.78, 5) is 0. The van der Waals surface area contributed by atoms with Crippen molar-refractivity contribution in [1.29, 1.82) is 0 Å². The molecular formula is S65V. The number of rotatable bonds is 0. The van der Waals surface area contributed by atoms with Gasteiger partial charge in [-0.1, -0.05) is 0 Å². The van der Waals surface area contributed by atoms with E-state index in [-0.39, 0.29) is 0 Å². The molecule has 0 heterocycles. The molecule has 0 aromatic rings. The monoisotopic (exact) mass is 2130 g/mol. The van der Waals surface area contributed by atoms with Crippen molar-refractivity contribution in [2.24, 2.45) is 0 Å². The fourth-order valence-corrected chi connectivity index (χ4v) is 172. The van der Waals surface area contributed by atoms with E-state index >= 15 is 0 Å². The van der Waals surface area contributed by atoms with Crippen molar-refractivity contribution in [1.82, 2.24) is 0 Å². The van der Waals surface area contributed by atoms with E-state index < -0.39 is 0 Å². The first-order chi connectivity index (χ1) is 32.9. The van der Waals surface area contributed by atoms with E-state index in [9.17, 15) is 0 Å². The van der Waals surface area contributed by atoms with Gasteiger partial charge in [0.1, 0.15) is 0 Å². The van der Waals surface area contributed by atoms with Gasteiger partial charge in [-0.2, -0.15) is 0 Å². The van der Waals surface area contributed by atoms with Gasteiger partial charge in [0, 0.05) is 473 Å². The molecule has 395 valence electrons. The van der Waals surface area contributed by atoms with Crippen LogP contribution in [0.2, 0.25) is 0 Å². The Hall–Kier alpha value is 14.9. The Morgan fingerprint density at radius 2 is 0.197 bits per heavy atom. The summed E-state index contributed by atoms with van der Waals surface area (Å²) in [6.07, 6.45) is 0. The van der Waals surface area contributed by atoms with Crippen molar-refractivity contribution in [3.8, 4) is 0 Å². The van der Waals surface area contributed by atoms with E-state index in [1.165, 1.54) is 8.88 Å². The van der Waals surface area contributed by atoms with Gasteiger partial charge in [-0.05, 0) is 0 Å². The van der Waals surface area contributed by atoms with Crippen molar-refractivity contribution in [3.63, 3.8) is 0 Å². The van der Waals surface area contributed by atoms with Gasteiger partial charge in [-0.3, -0.25) is 0 Å². The van der Waals surface area contributed by atoms with Crippen LogP contribution in [-0.4, -0.2) is 0 Å². The number of hydrogen-bond donors (Lipinski definition) is 0. The summed E-state index contributed by atoms with van der Waals surface area (Å²) in [5, 5.41) is 0. The summed E-state index contributed by atoms with van der Waals surface area (Å²) < 4.78 is 0. The molecule has 0 aliphatic rings. The molecular weight excluding hydrogens is 2140 g/mol. The third kappa shape index (κ3) is 78.9. The fourth-order valence-electron chi connectivity index (χ4n) is 0.704. The third-order valence-corrected chi connectivity index (χ3v) is 143. The van der Waals surface area contributed by atoms with Gasteiger partial charge in [0.15, 0.2) is 0 Å². The zero-order valence-electron chi connectivity index (χ0n) is 27.0. The van der Waals surface area contributed by atoms with Gasteiger partial charge in [0.25, 0.3) is 0 Å². The molecule has 0 saturated carbocycles. The van der Waals surface area contributed by atoms with Crippen LogP contribution in [0, 0.1) is 0 Å². The minimum atomic E-state index is 1.37. The second kappa shape index (κ2) is 79.9. The number of hydrogen-bond acceptors (Lipinski definition) is 1. The molecule has 0 saturated heterocycles. The molecule has 0 amide bonds. The van der Waals surface area contributed by atoms with Gasteiger partial charge in [0.05, 0.1) is 0 Å². The SMILES string of the molecule is S=S=S=S=S=S=S=S=S=S=S=S=S=S=S=S=S=S=S=S=S=S=S=S=S=S=S=S=S=S=S=S=S=S=S=S=S=S=S=S=S=S=S=S=S=S=S=S=S=S=S=S=S=S=S=S=S=S=S=S=S=S=S=S=[S]=[V]. The van der Waals surface area contributed by atoms with Crippen molar-refractivity contribution in [3.05, 3.63) is 0 Å². The molecule has 0 N–H and O–H groups in total. The fraction of sp³-hybridized carbons (Fsp3) is 0. The van der Waals surface area contributed by atoms with E-state index in [0.717, 1.165) is 0 Å². The van der Waals surface area contributed by atoms with Crippen molar-refractivity contribution < 1.29 is 15.7 Å². The normalized spacial score (nSPS) is 7.80. The molecule has 0 atom stereocenters. The Bertz CT molecular complexity index is 4520. The van der Waals surface area contributed by atoms with Gasteiger partial charge in [-0.25, -0.2) is 0 Å². The first kappa shape index (κ1) is 80.9. The molecule has 0 aliphatic heterocycles. The molecule has 0 aromatic carbocycles. The summed E-state index contributed by atoms with van der Waals surface area (Å²) in [7, 11) is 116. The maximum atomic E-state index is 4.82. The molecule has 0 aromatic heterocycles. The maximum absolute atomic E-state index is 4.82. The van der Waals surface area contributed by atoms with Crippen LogP contribution in [-0.2, 0) is 594 Å². The zero-order chi connectivity index (χ0) is 47.3. The van der Waals surface area contributed by atoms with E-state index in [1.54, 1.807) is 79.0 Å². The van der Waals surface area contributed by atoms with E-state index in [2.05, 4.69) is 15.7 Å². The standard InChI is InChI=1S/S65.V/c1-3-5-7-9-11-13-15-17-19-21-23-25-27-29-31-33-35-37-39-41-43-45-47-49-51-53-55-57-59-61-63-65-64-62-60-58-56-54-52-50-48-46-44-42-40-38-36-34-32-30-28-26-24-22-20-18-16-14-12-10-8-6-4-2;. The first-order valence-electron chi connectivity index (χ1n) is 10.8.